The smallest absolute Gasteiger partial charge is 0.220 e. The van der Waals surface area contributed by atoms with Gasteiger partial charge in [0.05, 0.1) is 6.61 Å². The van der Waals surface area contributed by atoms with Gasteiger partial charge in [0.15, 0.2) is 6.17 Å². The number of rotatable bonds is 6. The predicted octanol–water partition coefficient (Wildman–Crippen LogP) is 4.48. The summed E-state index contributed by atoms with van der Waals surface area (Å²) in [7, 11) is 0. The van der Waals surface area contributed by atoms with Crippen LogP contribution in [0.15, 0.2) is 52.4 Å². The molecule has 1 atom stereocenters. The first-order chi connectivity index (χ1) is 12.9. The molecule has 0 aromatic heterocycles. The van der Waals surface area contributed by atoms with Gasteiger partial charge < -0.3 is 21.1 Å². The van der Waals surface area contributed by atoms with Crippen LogP contribution in [0.3, 0.4) is 0 Å². The number of guanidine groups is 2. The molecule has 1 aliphatic heterocycles. The minimum atomic E-state index is -0.470. The van der Waals surface area contributed by atoms with Crippen LogP contribution in [-0.2, 0) is 0 Å². The number of halogens is 4. The molecule has 0 saturated carbocycles. The zero-order valence-corrected chi connectivity index (χ0v) is 17.8. The molecule has 0 aliphatic carbocycles. The van der Waals surface area contributed by atoms with Crippen LogP contribution in [0.25, 0.3) is 0 Å². The number of hydrogen-bond donors (Lipinski definition) is 2. The third-order valence-electron chi connectivity index (χ3n) is 3.94. The second-order valence-corrected chi connectivity index (χ2v) is 7.13. The molecular weight excluding hydrogens is 444 g/mol. The lowest BCUT2D eigenvalue weighted by Gasteiger charge is -2.33. The molecule has 0 spiro atoms. The lowest BCUT2D eigenvalue weighted by Crippen LogP contribution is -2.45. The van der Waals surface area contributed by atoms with Crippen molar-refractivity contribution < 1.29 is 4.74 Å². The van der Waals surface area contributed by atoms with Crippen LogP contribution in [0.1, 0.15) is 18.2 Å². The molecule has 1 aliphatic rings. The summed E-state index contributed by atoms with van der Waals surface area (Å²) in [4.78, 5) is 10.3. The van der Waals surface area contributed by atoms with Gasteiger partial charge >= 0.3 is 0 Å². The maximum absolute atomic E-state index is 6.34. The van der Waals surface area contributed by atoms with Crippen LogP contribution in [0.2, 0.25) is 15.1 Å². The first-order valence-electron chi connectivity index (χ1n) is 8.21. The van der Waals surface area contributed by atoms with Crippen molar-refractivity contribution >= 4 is 59.1 Å². The Labute approximate surface area is 184 Å². The summed E-state index contributed by atoms with van der Waals surface area (Å²) in [5.41, 5.74) is 12.6. The summed E-state index contributed by atoms with van der Waals surface area (Å²) in [5.74, 6) is 1.14. The molecule has 0 radical (unpaired) electrons. The predicted molar refractivity (Wildman–Crippen MR) is 118 cm³/mol. The van der Waals surface area contributed by atoms with Gasteiger partial charge in [-0.2, -0.15) is 4.99 Å². The van der Waals surface area contributed by atoms with Crippen molar-refractivity contribution in [2.75, 3.05) is 13.2 Å². The van der Waals surface area contributed by atoms with Crippen LogP contribution in [-0.4, -0.2) is 30.0 Å². The van der Waals surface area contributed by atoms with E-state index in [1.807, 2.05) is 23.1 Å². The topological polar surface area (TPSA) is 89.2 Å². The van der Waals surface area contributed by atoms with Gasteiger partial charge in [0.25, 0.3) is 0 Å². The molecule has 10 heteroatoms. The molecule has 2 aromatic rings. The Morgan fingerprint density at radius 1 is 1.00 bits per heavy atom. The van der Waals surface area contributed by atoms with E-state index in [4.69, 9.17) is 51.0 Å². The second-order valence-electron chi connectivity index (χ2n) is 5.85. The third kappa shape index (κ3) is 5.58. The highest BCUT2D eigenvalue weighted by atomic mass is 35.5. The lowest BCUT2D eigenvalue weighted by molar-refractivity contribution is 0.258. The fourth-order valence-electron chi connectivity index (χ4n) is 2.67. The van der Waals surface area contributed by atoms with E-state index in [2.05, 4.69) is 9.98 Å². The highest BCUT2D eigenvalue weighted by Crippen LogP contribution is 2.32. The molecule has 2 aromatic carbocycles. The molecule has 1 unspecified atom stereocenters. The number of nitrogens with zero attached hydrogens (tertiary/aromatic N) is 3. The monoisotopic (exact) mass is 461 g/mol. The number of nitrogens with two attached hydrogens (primary N) is 2. The lowest BCUT2D eigenvalue weighted by atomic mass is 10.1. The van der Waals surface area contributed by atoms with Gasteiger partial charge in [0, 0.05) is 27.2 Å². The minimum Gasteiger partial charge on any atom is -0.494 e. The molecule has 0 saturated heterocycles. The fourth-order valence-corrected chi connectivity index (χ4v) is 3.30. The summed E-state index contributed by atoms with van der Waals surface area (Å²) >= 11 is 18.2. The maximum Gasteiger partial charge on any atom is 0.220 e. The van der Waals surface area contributed by atoms with Gasteiger partial charge in [-0.25, -0.2) is 4.99 Å². The minimum absolute atomic E-state index is 0. The van der Waals surface area contributed by atoms with Gasteiger partial charge in [-0.15, -0.1) is 12.4 Å². The van der Waals surface area contributed by atoms with Gasteiger partial charge in [0.1, 0.15) is 5.75 Å². The highest BCUT2D eigenvalue weighted by Gasteiger charge is 2.27. The normalized spacial score (nSPS) is 16.1. The SMILES string of the molecule is Cl.NC1=NC(c2ccc(Cl)cc2Cl)N(CCCOc2ccc(Cl)cc2)C(N)=N1. The van der Waals surface area contributed by atoms with Crippen molar-refractivity contribution in [1.29, 1.82) is 0 Å². The molecule has 0 bridgehead atoms. The van der Waals surface area contributed by atoms with E-state index in [-0.39, 0.29) is 24.3 Å². The Balaban J connectivity index is 0.00000280. The Morgan fingerprint density at radius 3 is 2.36 bits per heavy atom. The average Bonchev–Trinajstić information content (AvgIpc) is 2.61. The van der Waals surface area contributed by atoms with Crippen molar-refractivity contribution in [1.82, 2.24) is 4.90 Å². The molecular formula is C18H19Cl4N5O. The van der Waals surface area contributed by atoms with Gasteiger partial charge in [-0.05, 0) is 42.8 Å². The van der Waals surface area contributed by atoms with Gasteiger partial charge in [-0.3, -0.25) is 0 Å². The largest absolute Gasteiger partial charge is 0.494 e. The van der Waals surface area contributed by atoms with Gasteiger partial charge in [-0.1, -0.05) is 40.9 Å². The number of benzene rings is 2. The quantitative estimate of drug-likeness (QED) is 0.619. The van der Waals surface area contributed by atoms with Crippen LogP contribution >= 0.6 is 47.2 Å². The Morgan fingerprint density at radius 2 is 1.68 bits per heavy atom. The summed E-state index contributed by atoms with van der Waals surface area (Å²) < 4.78 is 5.72. The molecule has 1 heterocycles. The fraction of sp³-hybridized carbons (Fsp3) is 0.222. The zero-order chi connectivity index (χ0) is 19.4. The maximum atomic E-state index is 6.34. The molecule has 3 rings (SSSR count). The van der Waals surface area contributed by atoms with Crippen LogP contribution in [0.5, 0.6) is 5.75 Å². The molecule has 0 amide bonds. The van der Waals surface area contributed by atoms with Crippen LogP contribution in [0.4, 0.5) is 0 Å². The van der Waals surface area contributed by atoms with E-state index in [1.54, 1.807) is 24.3 Å². The summed E-state index contributed by atoms with van der Waals surface area (Å²) in [6.45, 7) is 1.05. The summed E-state index contributed by atoms with van der Waals surface area (Å²) in [5, 5.41) is 1.69. The number of ether oxygens (including phenoxy) is 1. The van der Waals surface area contributed by atoms with E-state index < -0.39 is 6.17 Å². The first-order valence-corrected chi connectivity index (χ1v) is 9.35. The van der Waals surface area contributed by atoms with Crippen molar-refractivity contribution in [2.24, 2.45) is 21.5 Å². The third-order valence-corrected chi connectivity index (χ3v) is 4.75. The van der Waals surface area contributed by atoms with E-state index in [0.717, 1.165) is 11.3 Å². The Kier molecular flexibility index (Phi) is 8.07. The average molecular weight is 463 g/mol. The van der Waals surface area contributed by atoms with Crippen LogP contribution < -0.4 is 16.2 Å². The molecule has 0 fully saturated rings. The molecule has 150 valence electrons. The first kappa shape index (κ1) is 22.4. The van der Waals surface area contributed by atoms with Crippen LogP contribution in [0, 0.1) is 0 Å². The van der Waals surface area contributed by atoms with Crippen molar-refractivity contribution in [3.05, 3.63) is 63.1 Å². The van der Waals surface area contributed by atoms with E-state index in [0.29, 0.717) is 34.6 Å². The Bertz CT molecular complexity index is 873. The molecule has 4 N–H and O–H groups in total. The van der Waals surface area contributed by atoms with Gasteiger partial charge in [0.2, 0.25) is 11.9 Å². The number of aliphatic imine (C=N–C) groups is 2. The molecule has 28 heavy (non-hydrogen) atoms. The molecule has 6 nitrogen and oxygen atoms in total. The van der Waals surface area contributed by atoms with E-state index in [9.17, 15) is 0 Å². The summed E-state index contributed by atoms with van der Waals surface area (Å²) in [6, 6.07) is 12.4. The zero-order valence-electron chi connectivity index (χ0n) is 14.7. The number of hydrogen-bond acceptors (Lipinski definition) is 6. The second kappa shape index (κ2) is 10.1. The Hall–Kier alpha value is -1.86. The van der Waals surface area contributed by atoms with Crippen molar-refractivity contribution in [3.63, 3.8) is 0 Å². The standard InChI is InChI=1S/C18H18Cl3N5O.ClH/c19-11-2-5-13(6-3-11)27-9-1-8-26-16(24-17(22)25-18(26)23)14-7-4-12(20)10-15(14)21;/h2-7,10,16H,1,8-9H2,(H4,22,23,24,25);1H. The van der Waals surface area contributed by atoms with E-state index >= 15 is 0 Å². The summed E-state index contributed by atoms with van der Waals surface area (Å²) in [6.07, 6.45) is 0.221. The van der Waals surface area contributed by atoms with Crippen molar-refractivity contribution in [2.45, 2.75) is 12.6 Å². The van der Waals surface area contributed by atoms with Crippen molar-refractivity contribution in [3.8, 4) is 5.75 Å². The van der Waals surface area contributed by atoms with E-state index in [1.165, 1.54) is 0 Å². The highest BCUT2D eigenvalue weighted by molar-refractivity contribution is 6.35.